The van der Waals surface area contributed by atoms with Gasteiger partial charge >= 0.3 is 0 Å². The highest BCUT2D eigenvalue weighted by atomic mass is 32.2. The summed E-state index contributed by atoms with van der Waals surface area (Å²) in [7, 11) is -2.61. The number of rotatable bonds is 7. The number of sulfonamides is 1. The summed E-state index contributed by atoms with van der Waals surface area (Å²) < 4.78 is 45.4. The molecule has 0 heterocycles. The fourth-order valence-electron chi connectivity index (χ4n) is 2.51. The molecule has 23 heavy (non-hydrogen) atoms. The van der Waals surface area contributed by atoms with Crippen LogP contribution < -0.4 is 15.2 Å². The molecule has 1 saturated carbocycles. The van der Waals surface area contributed by atoms with Crippen molar-refractivity contribution in [2.45, 2.75) is 37.0 Å². The molecule has 1 aliphatic carbocycles. The lowest BCUT2D eigenvalue weighted by Crippen LogP contribution is -2.34. The van der Waals surface area contributed by atoms with Crippen LogP contribution in [0.2, 0.25) is 0 Å². The minimum Gasteiger partial charge on any atom is -0.494 e. The summed E-state index contributed by atoms with van der Waals surface area (Å²) >= 11 is 0. The van der Waals surface area contributed by atoms with Crippen molar-refractivity contribution in [1.82, 2.24) is 0 Å². The molecular formula is C14H21FN2O5S. The minimum absolute atomic E-state index is 0.102. The fourth-order valence-corrected chi connectivity index (χ4v) is 4.26. The van der Waals surface area contributed by atoms with Crippen LogP contribution in [0.25, 0.3) is 0 Å². The Morgan fingerprint density at radius 1 is 1.52 bits per heavy atom. The molecule has 7 nitrogen and oxygen atoms in total. The SMILES string of the molecule is COc1cc(C)c(F)c(N)c1NS(=O)(=O)C1(C[C@H](O)CO)CC1. The largest absolute Gasteiger partial charge is 0.494 e. The normalized spacial score (nSPS) is 17.6. The Labute approximate surface area is 134 Å². The maximum atomic E-state index is 14.0. The molecule has 9 heteroatoms. The Morgan fingerprint density at radius 3 is 2.61 bits per heavy atom. The van der Waals surface area contributed by atoms with Gasteiger partial charge in [-0.2, -0.15) is 0 Å². The number of hydrogen-bond acceptors (Lipinski definition) is 6. The summed E-state index contributed by atoms with van der Waals surface area (Å²) in [5, 5.41) is 18.5. The van der Waals surface area contributed by atoms with Crippen LogP contribution in [0.5, 0.6) is 5.75 Å². The molecule has 0 radical (unpaired) electrons. The van der Waals surface area contributed by atoms with E-state index in [1.807, 2.05) is 0 Å². The molecule has 0 unspecified atom stereocenters. The Kier molecular flexibility index (Phi) is 4.74. The van der Waals surface area contributed by atoms with Gasteiger partial charge in [-0.15, -0.1) is 0 Å². The van der Waals surface area contributed by atoms with E-state index in [0.29, 0.717) is 12.8 Å². The van der Waals surface area contributed by atoms with Gasteiger partial charge in [-0.1, -0.05) is 0 Å². The summed E-state index contributed by atoms with van der Waals surface area (Å²) in [6.07, 6.45) is -0.551. The lowest BCUT2D eigenvalue weighted by molar-refractivity contribution is 0.0858. The maximum absolute atomic E-state index is 14.0. The van der Waals surface area contributed by atoms with Crippen molar-refractivity contribution >= 4 is 21.4 Å². The smallest absolute Gasteiger partial charge is 0.238 e. The molecule has 0 spiro atoms. The second-order valence-corrected chi connectivity index (χ2v) is 7.90. The van der Waals surface area contributed by atoms with Crippen LogP contribution in [0, 0.1) is 12.7 Å². The summed E-state index contributed by atoms with van der Waals surface area (Å²) in [6.45, 7) is 0.967. The number of nitrogens with two attached hydrogens (primary N) is 1. The van der Waals surface area contributed by atoms with E-state index in [1.54, 1.807) is 0 Å². The van der Waals surface area contributed by atoms with Crippen molar-refractivity contribution in [3.8, 4) is 5.75 Å². The molecule has 1 aromatic rings. The molecule has 1 aromatic carbocycles. The molecule has 0 bridgehead atoms. The maximum Gasteiger partial charge on any atom is 0.238 e. The molecule has 130 valence electrons. The lowest BCUT2D eigenvalue weighted by Gasteiger charge is -2.22. The molecule has 1 aliphatic rings. The number of anilines is 2. The van der Waals surface area contributed by atoms with Crippen molar-refractivity contribution in [1.29, 1.82) is 0 Å². The van der Waals surface area contributed by atoms with Crippen molar-refractivity contribution in [3.63, 3.8) is 0 Å². The average Bonchev–Trinajstić information content (AvgIpc) is 3.28. The van der Waals surface area contributed by atoms with Gasteiger partial charge < -0.3 is 20.7 Å². The second-order valence-electron chi connectivity index (χ2n) is 5.83. The Balaban J connectivity index is 2.37. The Hall–Kier alpha value is -1.58. The number of hydrogen-bond donors (Lipinski definition) is 4. The lowest BCUT2D eigenvalue weighted by atomic mass is 10.1. The van der Waals surface area contributed by atoms with Crippen LogP contribution >= 0.6 is 0 Å². The van der Waals surface area contributed by atoms with Gasteiger partial charge in [0.05, 0.1) is 30.3 Å². The number of aliphatic hydroxyl groups excluding tert-OH is 2. The van der Waals surface area contributed by atoms with Crippen molar-refractivity contribution in [3.05, 3.63) is 17.4 Å². The first kappa shape index (κ1) is 17.8. The van der Waals surface area contributed by atoms with E-state index in [1.165, 1.54) is 20.1 Å². The molecule has 0 aliphatic heterocycles. The fraction of sp³-hybridized carbons (Fsp3) is 0.571. The van der Waals surface area contributed by atoms with Gasteiger partial charge in [0, 0.05) is 0 Å². The molecule has 0 amide bonds. The van der Waals surface area contributed by atoms with Crippen molar-refractivity contribution in [2.24, 2.45) is 0 Å². The number of halogens is 1. The zero-order chi connectivity index (χ0) is 17.4. The number of aliphatic hydroxyl groups is 2. The third-order valence-electron chi connectivity index (χ3n) is 4.10. The number of nitrogens with one attached hydrogen (secondary N) is 1. The number of nitrogen functional groups attached to an aromatic ring is 1. The molecule has 1 atom stereocenters. The van der Waals surface area contributed by atoms with E-state index in [9.17, 15) is 17.9 Å². The first-order chi connectivity index (χ1) is 10.7. The molecule has 2 rings (SSSR count). The molecular weight excluding hydrogens is 327 g/mol. The van der Waals surface area contributed by atoms with E-state index >= 15 is 0 Å². The van der Waals surface area contributed by atoms with E-state index in [4.69, 9.17) is 15.6 Å². The van der Waals surface area contributed by atoms with Gasteiger partial charge in [-0.05, 0) is 37.8 Å². The zero-order valence-electron chi connectivity index (χ0n) is 13.0. The summed E-state index contributed by atoms with van der Waals surface area (Å²) in [5.41, 5.74) is 5.43. The van der Waals surface area contributed by atoms with E-state index in [-0.39, 0.29) is 29.1 Å². The first-order valence-corrected chi connectivity index (χ1v) is 8.59. The quantitative estimate of drug-likeness (QED) is 0.539. The third kappa shape index (κ3) is 3.22. The summed E-state index contributed by atoms with van der Waals surface area (Å²) in [6, 6.07) is 1.35. The van der Waals surface area contributed by atoms with Crippen LogP contribution in [0.4, 0.5) is 15.8 Å². The van der Waals surface area contributed by atoms with Crippen LogP contribution in [-0.2, 0) is 10.0 Å². The predicted octanol–water partition coefficient (Wildman–Crippen LogP) is 0.743. The highest BCUT2D eigenvalue weighted by molar-refractivity contribution is 7.94. The van der Waals surface area contributed by atoms with Gasteiger partial charge in [-0.3, -0.25) is 4.72 Å². The van der Waals surface area contributed by atoms with E-state index < -0.39 is 33.3 Å². The van der Waals surface area contributed by atoms with Crippen LogP contribution in [0.1, 0.15) is 24.8 Å². The summed E-state index contributed by atoms with van der Waals surface area (Å²) in [4.78, 5) is 0. The zero-order valence-corrected chi connectivity index (χ0v) is 13.8. The number of aryl methyl sites for hydroxylation is 1. The summed E-state index contributed by atoms with van der Waals surface area (Å²) in [5.74, 6) is -0.604. The monoisotopic (exact) mass is 348 g/mol. The third-order valence-corrected chi connectivity index (χ3v) is 6.29. The van der Waals surface area contributed by atoms with Crippen molar-refractivity contribution < 1.29 is 27.8 Å². The second kappa shape index (κ2) is 6.14. The minimum atomic E-state index is -3.94. The molecule has 0 aromatic heterocycles. The van der Waals surface area contributed by atoms with Gasteiger partial charge in [0.15, 0.2) is 5.82 Å². The van der Waals surface area contributed by atoms with Crippen LogP contribution in [0.15, 0.2) is 6.07 Å². The van der Waals surface area contributed by atoms with Gasteiger partial charge in [-0.25, -0.2) is 12.8 Å². The van der Waals surface area contributed by atoms with Crippen LogP contribution in [0.3, 0.4) is 0 Å². The van der Waals surface area contributed by atoms with Gasteiger partial charge in [0.2, 0.25) is 10.0 Å². The number of benzene rings is 1. The first-order valence-electron chi connectivity index (χ1n) is 7.11. The average molecular weight is 348 g/mol. The standard InChI is InChI=1S/C14H21FN2O5S/c1-8-5-10(22-2)13(12(16)11(8)15)17-23(20,21)14(3-4-14)6-9(19)7-18/h5,9,17-19H,3-4,6-7,16H2,1-2H3/t9-/m0/s1. The number of ether oxygens (including phenoxy) is 1. The molecule has 5 N–H and O–H groups in total. The Bertz CT molecular complexity index is 704. The van der Waals surface area contributed by atoms with Crippen LogP contribution in [-0.4, -0.2) is 43.2 Å². The van der Waals surface area contributed by atoms with E-state index in [0.717, 1.165) is 0 Å². The van der Waals surface area contributed by atoms with Crippen molar-refractivity contribution in [2.75, 3.05) is 24.2 Å². The highest BCUT2D eigenvalue weighted by Crippen LogP contribution is 2.49. The Morgan fingerprint density at radius 2 is 2.13 bits per heavy atom. The predicted molar refractivity (Wildman–Crippen MR) is 84.3 cm³/mol. The molecule has 0 saturated heterocycles. The van der Waals surface area contributed by atoms with E-state index in [2.05, 4.69) is 4.72 Å². The van der Waals surface area contributed by atoms with Gasteiger partial charge in [0.1, 0.15) is 11.4 Å². The van der Waals surface area contributed by atoms with Gasteiger partial charge in [0.25, 0.3) is 0 Å². The topological polar surface area (TPSA) is 122 Å². The molecule has 1 fully saturated rings. The number of methoxy groups -OCH3 is 1. The highest BCUT2D eigenvalue weighted by Gasteiger charge is 2.55.